The molecule has 0 aliphatic heterocycles. The highest BCUT2D eigenvalue weighted by Crippen LogP contribution is 2.29. The number of ether oxygens (including phenoxy) is 2. The molecule has 25 heavy (non-hydrogen) atoms. The van der Waals surface area contributed by atoms with Crippen molar-refractivity contribution >= 4 is 18.0 Å². The molecule has 134 valence electrons. The second kappa shape index (κ2) is 8.66. The van der Waals surface area contributed by atoms with Crippen LogP contribution < -0.4 is 15.0 Å². The molecule has 0 atom stereocenters. The van der Waals surface area contributed by atoms with Gasteiger partial charge in [-0.3, -0.25) is 4.79 Å². The van der Waals surface area contributed by atoms with Crippen molar-refractivity contribution in [3.05, 3.63) is 39.8 Å². The zero-order valence-corrected chi connectivity index (χ0v) is 15.8. The molecule has 1 aromatic carbocycles. The highest BCUT2D eigenvalue weighted by atomic mass is 32.2. The summed E-state index contributed by atoms with van der Waals surface area (Å²) in [6, 6.07) is 5.52. The first kappa shape index (κ1) is 19.0. The fourth-order valence-electron chi connectivity index (χ4n) is 2.02. The summed E-state index contributed by atoms with van der Waals surface area (Å²) in [4.78, 5) is 12.2. The molecule has 0 N–H and O–H groups in total. The highest BCUT2D eigenvalue weighted by molar-refractivity contribution is 7.98. The van der Waals surface area contributed by atoms with Crippen LogP contribution in [0.1, 0.15) is 32.0 Å². The largest absolute Gasteiger partial charge is 0.490 e. The Morgan fingerprint density at radius 3 is 2.72 bits per heavy atom. The van der Waals surface area contributed by atoms with Gasteiger partial charge in [-0.15, -0.1) is 10.2 Å². The van der Waals surface area contributed by atoms with Crippen LogP contribution in [-0.2, 0) is 0 Å². The fourth-order valence-corrected chi connectivity index (χ4v) is 2.45. The molecule has 0 saturated heterocycles. The van der Waals surface area contributed by atoms with E-state index in [1.54, 1.807) is 13.1 Å². The molecule has 0 unspecified atom stereocenters. The topological polar surface area (TPSA) is 78.6 Å². The molecule has 0 aliphatic carbocycles. The zero-order valence-electron chi connectivity index (χ0n) is 15.0. The maximum atomic E-state index is 12.2. The summed E-state index contributed by atoms with van der Waals surface area (Å²) >= 11 is 1.30. The lowest BCUT2D eigenvalue weighted by molar-refractivity contribution is 0.224. The number of thioether (sulfide) groups is 1. The summed E-state index contributed by atoms with van der Waals surface area (Å²) in [7, 11) is 0. The van der Waals surface area contributed by atoms with Gasteiger partial charge >= 0.3 is 0 Å². The molecule has 0 spiro atoms. The smallest absolute Gasteiger partial charge is 0.296 e. The van der Waals surface area contributed by atoms with Gasteiger partial charge in [-0.1, -0.05) is 11.8 Å². The summed E-state index contributed by atoms with van der Waals surface area (Å²) in [6.45, 7) is 7.96. The van der Waals surface area contributed by atoms with Crippen LogP contribution >= 0.6 is 11.8 Å². The van der Waals surface area contributed by atoms with E-state index in [-0.39, 0.29) is 11.7 Å². The van der Waals surface area contributed by atoms with E-state index in [1.165, 1.54) is 16.4 Å². The highest BCUT2D eigenvalue weighted by Gasteiger charge is 2.09. The fraction of sp³-hybridized carbons (Fsp3) is 0.412. The average Bonchev–Trinajstić information content (AvgIpc) is 2.58. The van der Waals surface area contributed by atoms with Gasteiger partial charge in [-0.2, -0.15) is 9.78 Å². The predicted molar refractivity (Wildman–Crippen MR) is 99.2 cm³/mol. The molecule has 2 rings (SSSR count). The molecule has 0 radical (unpaired) electrons. The van der Waals surface area contributed by atoms with Gasteiger partial charge in [0.25, 0.3) is 5.56 Å². The van der Waals surface area contributed by atoms with Gasteiger partial charge in [-0.05, 0) is 57.7 Å². The van der Waals surface area contributed by atoms with Crippen LogP contribution in [0.4, 0.5) is 0 Å². The van der Waals surface area contributed by atoms with E-state index in [4.69, 9.17) is 9.47 Å². The zero-order chi connectivity index (χ0) is 18.4. The monoisotopic (exact) mass is 362 g/mol. The van der Waals surface area contributed by atoms with E-state index in [2.05, 4.69) is 15.3 Å². The van der Waals surface area contributed by atoms with Gasteiger partial charge < -0.3 is 9.47 Å². The summed E-state index contributed by atoms with van der Waals surface area (Å²) < 4.78 is 12.6. The second-order valence-electron chi connectivity index (χ2n) is 5.44. The number of benzene rings is 1. The molecule has 0 amide bonds. The van der Waals surface area contributed by atoms with Gasteiger partial charge in [0, 0.05) is 0 Å². The van der Waals surface area contributed by atoms with Crippen molar-refractivity contribution in [3.8, 4) is 11.5 Å². The van der Waals surface area contributed by atoms with Crippen molar-refractivity contribution in [2.75, 3.05) is 12.9 Å². The Balaban J connectivity index is 2.37. The predicted octanol–water partition coefficient (Wildman–Crippen LogP) is 2.74. The minimum atomic E-state index is -0.291. The molecule has 0 fully saturated rings. The number of hydrogen-bond acceptors (Lipinski definition) is 7. The summed E-state index contributed by atoms with van der Waals surface area (Å²) in [5.74, 6) is 1.32. The molecule has 0 saturated carbocycles. The van der Waals surface area contributed by atoms with E-state index in [9.17, 15) is 4.79 Å². The van der Waals surface area contributed by atoms with Crippen LogP contribution in [0.3, 0.4) is 0 Å². The average molecular weight is 362 g/mol. The van der Waals surface area contributed by atoms with Crippen LogP contribution in [0.15, 0.2) is 33.3 Å². The minimum Gasteiger partial charge on any atom is -0.490 e. The number of nitrogens with zero attached hydrogens (tertiary/aromatic N) is 4. The van der Waals surface area contributed by atoms with E-state index in [1.807, 2.05) is 45.2 Å². The maximum Gasteiger partial charge on any atom is 0.296 e. The molecule has 0 bridgehead atoms. The third kappa shape index (κ3) is 4.82. The molecular formula is C17H22N4O3S. The van der Waals surface area contributed by atoms with E-state index in [0.717, 1.165) is 5.56 Å². The Morgan fingerprint density at radius 1 is 1.32 bits per heavy atom. The lowest BCUT2D eigenvalue weighted by Crippen LogP contribution is -2.23. The Kier molecular flexibility index (Phi) is 6.58. The van der Waals surface area contributed by atoms with Crippen LogP contribution in [0.2, 0.25) is 0 Å². The van der Waals surface area contributed by atoms with Crippen LogP contribution in [0.5, 0.6) is 11.5 Å². The Labute approximate surface area is 151 Å². The Hall–Kier alpha value is -2.35. The van der Waals surface area contributed by atoms with Gasteiger partial charge in [0.05, 0.1) is 18.9 Å². The quantitative estimate of drug-likeness (QED) is 0.557. The number of aryl methyl sites for hydroxylation is 1. The SMILES string of the molecule is CCOc1cc(/C=N\n2c(SC)nnc(C)c2=O)ccc1OC(C)C. The van der Waals surface area contributed by atoms with E-state index >= 15 is 0 Å². The van der Waals surface area contributed by atoms with Gasteiger partial charge in [0.1, 0.15) is 5.69 Å². The van der Waals surface area contributed by atoms with Gasteiger partial charge in [0.15, 0.2) is 11.5 Å². The van der Waals surface area contributed by atoms with Crippen molar-refractivity contribution in [3.63, 3.8) is 0 Å². The van der Waals surface area contributed by atoms with Crippen molar-refractivity contribution in [2.45, 2.75) is 39.0 Å². The van der Waals surface area contributed by atoms with E-state index in [0.29, 0.717) is 29.0 Å². The van der Waals surface area contributed by atoms with Gasteiger partial charge in [0.2, 0.25) is 5.16 Å². The third-order valence-electron chi connectivity index (χ3n) is 3.10. The summed E-state index contributed by atoms with van der Waals surface area (Å²) in [5, 5.41) is 12.5. The summed E-state index contributed by atoms with van der Waals surface area (Å²) in [5.41, 5.74) is 0.791. The van der Waals surface area contributed by atoms with Crippen LogP contribution in [0.25, 0.3) is 0 Å². The standard InChI is InChI=1S/C17H22N4O3S/c1-6-23-15-9-13(7-8-14(15)24-11(2)3)10-18-21-16(22)12(4)19-20-17(21)25-5/h7-11H,6H2,1-5H3/b18-10-. The third-order valence-corrected chi connectivity index (χ3v) is 3.72. The van der Waals surface area contributed by atoms with Crippen LogP contribution in [0, 0.1) is 6.92 Å². The van der Waals surface area contributed by atoms with Gasteiger partial charge in [-0.25, -0.2) is 0 Å². The minimum absolute atomic E-state index is 0.0484. The first-order chi connectivity index (χ1) is 12.0. The van der Waals surface area contributed by atoms with E-state index < -0.39 is 0 Å². The lowest BCUT2D eigenvalue weighted by atomic mass is 10.2. The number of hydrogen-bond donors (Lipinski definition) is 0. The Morgan fingerprint density at radius 2 is 2.08 bits per heavy atom. The van der Waals surface area contributed by atoms with Crippen molar-refractivity contribution in [2.24, 2.45) is 5.10 Å². The number of rotatable bonds is 7. The second-order valence-corrected chi connectivity index (χ2v) is 6.21. The van der Waals surface area contributed by atoms with Crippen LogP contribution in [-0.4, -0.2) is 40.1 Å². The first-order valence-electron chi connectivity index (χ1n) is 7.94. The van der Waals surface area contributed by atoms with Crippen molar-refractivity contribution in [1.82, 2.24) is 14.9 Å². The molecule has 7 nitrogen and oxygen atoms in total. The normalized spacial score (nSPS) is 11.3. The first-order valence-corrected chi connectivity index (χ1v) is 9.17. The molecule has 1 heterocycles. The van der Waals surface area contributed by atoms with Crippen molar-refractivity contribution in [1.29, 1.82) is 0 Å². The molecule has 1 aromatic heterocycles. The molecule has 8 heteroatoms. The Bertz CT molecular complexity index is 818. The molecule has 0 aliphatic rings. The number of aromatic nitrogens is 3. The molecule has 2 aromatic rings. The maximum absolute atomic E-state index is 12.2. The molecular weight excluding hydrogens is 340 g/mol. The lowest BCUT2D eigenvalue weighted by Gasteiger charge is -2.14. The van der Waals surface area contributed by atoms with Crippen molar-refractivity contribution < 1.29 is 9.47 Å². The summed E-state index contributed by atoms with van der Waals surface area (Å²) in [6.07, 6.45) is 3.45.